The zero-order valence-corrected chi connectivity index (χ0v) is 25.9. The Morgan fingerprint density at radius 1 is 0.974 bits per heavy atom. The van der Waals surface area contributed by atoms with E-state index < -0.39 is 0 Å². The summed E-state index contributed by atoms with van der Waals surface area (Å²) in [5.74, 6) is 5.83. The van der Waals surface area contributed by atoms with E-state index in [4.69, 9.17) is 9.47 Å². The lowest BCUT2D eigenvalue weighted by Gasteiger charge is -2.61. The van der Waals surface area contributed by atoms with Gasteiger partial charge in [0.25, 0.3) is 0 Å². The smallest absolute Gasteiger partial charge is 0.0720 e. The quantitative estimate of drug-likeness (QED) is 0.335. The maximum atomic E-state index is 6.97. The third-order valence-electron chi connectivity index (χ3n) is 13.2. The molecule has 218 valence electrons. The van der Waals surface area contributed by atoms with Crippen molar-refractivity contribution in [3.63, 3.8) is 0 Å². The van der Waals surface area contributed by atoms with Crippen molar-refractivity contribution >= 4 is 0 Å². The second-order valence-electron chi connectivity index (χ2n) is 15.7. The molecule has 1 heterocycles. The van der Waals surface area contributed by atoms with Gasteiger partial charge in [0.15, 0.2) is 0 Å². The Morgan fingerprint density at radius 2 is 1.74 bits per heavy atom. The highest BCUT2D eigenvalue weighted by atomic mass is 16.5. The van der Waals surface area contributed by atoms with Crippen LogP contribution in [0.2, 0.25) is 0 Å². The number of nitrogens with zero attached hydrogens (tertiary/aromatic N) is 1. The summed E-state index contributed by atoms with van der Waals surface area (Å²) in [6.45, 7) is 12.3. The minimum Gasteiger partial charge on any atom is -0.374 e. The largest absolute Gasteiger partial charge is 0.374 e. The van der Waals surface area contributed by atoms with Crippen LogP contribution in [0.15, 0.2) is 30.3 Å². The van der Waals surface area contributed by atoms with Crippen molar-refractivity contribution in [3.8, 4) is 0 Å². The molecule has 39 heavy (non-hydrogen) atoms. The van der Waals surface area contributed by atoms with Crippen molar-refractivity contribution < 1.29 is 9.47 Å². The highest BCUT2D eigenvalue weighted by molar-refractivity contribution is 5.15. The zero-order valence-electron chi connectivity index (χ0n) is 25.9. The summed E-state index contributed by atoms with van der Waals surface area (Å²) in [4.78, 5) is 2.34. The van der Waals surface area contributed by atoms with Gasteiger partial charge in [0.1, 0.15) is 0 Å². The van der Waals surface area contributed by atoms with Gasteiger partial charge in [0, 0.05) is 6.54 Å². The molecule has 0 radical (unpaired) electrons. The fraction of sp³-hybridized carbons (Fsp3) is 0.833. The van der Waals surface area contributed by atoms with Crippen LogP contribution in [0, 0.1) is 52.3 Å². The average molecular weight is 536 g/mol. The minimum absolute atomic E-state index is 0.450. The standard InChI is InChI=1S/C36H57NO2/c1-24(22-37(5)6)12-15-32-25(2)34-33(39-32)21-31-29-14-13-27-20-28(38-23-26-10-8-7-9-11-26)16-18-35(27,3)30(29)17-19-36(31,34)4/h7-11,24-25,27-34H,12-23H2,1-6H3/t24-,25+,27+,28-,29+,30-,31-,32+,33-,34-,35-,36-/m0/s1. The van der Waals surface area contributed by atoms with Crippen LogP contribution >= 0.6 is 0 Å². The normalized spacial score (nSPS) is 45.9. The molecule has 1 saturated heterocycles. The van der Waals surface area contributed by atoms with Gasteiger partial charge in [0.2, 0.25) is 0 Å². The lowest BCUT2D eigenvalue weighted by atomic mass is 9.44. The number of hydrogen-bond acceptors (Lipinski definition) is 3. The van der Waals surface area contributed by atoms with E-state index in [1.54, 1.807) is 0 Å². The molecular weight excluding hydrogens is 478 g/mol. The molecule has 12 atom stereocenters. The summed E-state index contributed by atoms with van der Waals surface area (Å²) in [6.07, 6.45) is 15.0. The first-order chi connectivity index (χ1) is 18.7. The van der Waals surface area contributed by atoms with E-state index in [0.29, 0.717) is 29.1 Å². The van der Waals surface area contributed by atoms with Gasteiger partial charge in [0.05, 0.1) is 24.9 Å². The first-order valence-corrected chi connectivity index (χ1v) is 16.6. The van der Waals surface area contributed by atoms with Gasteiger partial charge >= 0.3 is 0 Å². The molecule has 0 aromatic heterocycles. The number of rotatable bonds is 8. The van der Waals surface area contributed by atoms with Crippen LogP contribution in [-0.2, 0) is 16.1 Å². The molecule has 6 rings (SSSR count). The van der Waals surface area contributed by atoms with Gasteiger partial charge in [-0.1, -0.05) is 58.0 Å². The van der Waals surface area contributed by atoms with E-state index in [1.807, 2.05) is 0 Å². The third-order valence-corrected chi connectivity index (χ3v) is 13.2. The fourth-order valence-corrected chi connectivity index (χ4v) is 11.3. The summed E-state index contributed by atoms with van der Waals surface area (Å²) in [5, 5.41) is 0. The maximum Gasteiger partial charge on any atom is 0.0720 e. The third kappa shape index (κ3) is 5.16. The van der Waals surface area contributed by atoms with E-state index in [1.165, 1.54) is 76.3 Å². The Balaban J connectivity index is 1.08. The second-order valence-corrected chi connectivity index (χ2v) is 15.7. The SMILES string of the molecule is C[C@@H](CC[C@H]1O[C@H]2C[C@H]3[C@@H]4CC[C@@H]5C[C@@H](OCc6ccccc6)CC[C@]5(C)[C@H]4CC[C@]3(C)[C@H]2[C@@H]1C)CN(C)C. The van der Waals surface area contributed by atoms with Gasteiger partial charge in [-0.05, 0) is 136 Å². The van der Waals surface area contributed by atoms with Crippen molar-refractivity contribution in [1.82, 2.24) is 4.90 Å². The summed E-state index contributed by atoms with van der Waals surface area (Å²) >= 11 is 0. The Bertz CT molecular complexity index is 964. The van der Waals surface area contributed by atoms with Crippen molar-refractivity contribution in [2.75, 3.05) is 20.6 Å². The molecular formula is C36H57NO2. The first kappa shape index (κ1) is 28.2. The lowest BCUT2D eigenvalue weighted by Crippen LogP contribution is -2.54. The molecule has 0 amide bonds. The maximum absolute atomic E-state index is 6.97. The predicted molar refractivity (Wildman–Crippen MR) is 160 cm³/mol. The van der Waals surface area contributed by atoms with Crippen LogP contribution in [0.3, 0.4) is 0 Å². The van der Waals surface area contributed by atoms with Crippen LogP contribution in [0.25, 0.3) is 0 Å². The molecule has 0 unspecified atom stereocenters. The first-order valence-electron chi connectivity index (χ1n) is 16.6. The molecule has 1 aromatic rings. The molecule has 3 nitrogen and oxygen atoms in total. The van der Waals surface area contributed by atoms with E-state index >= 15 is 0 Å². The van der Waals surface area contributed by atoms with Crippen LogP contribution in [-0.4, -0.2) is 43.9 Å². The molecule has 1 aliphatic heterocycles. The van der Waals surface area contributed by atoms with Gasteiger partial charge in [-0.3, -0.25) is 0 Å². The highest BCUT2D eigenvalue weighted by Crippen LogP contribution is 2.70. The second kappa shape index (κ2) is 11.1. The minimum atomic E-state index is 0.450. The van der Waals surface area contributed by atoms with Crippen LogP contribution in [0.1, 0.15) is 97.5 Å². The van der Waals surface area contributed by atoms with Crippen LogP contribution < -0.4 is 0 Å². The van der Waals surface area contributed by atoms with E-state index in [2.05, 4.69) is 77.0 Å². The number of benzene rings is 1. The summed E-state index contributed by atoms with van der Waals surface area (Å²) < 4.78 is 13.5. The Kier molecular flexibility index (Phi) is 8.01. The van der Waals surface area contributed by atoms with Gasteiger partial charge in [-0.15, -0.1) is 0 Å². The summed E-state index contributed by atoms with van der Waals surface area (Å²) in [6, 6.07) is 10.8. The molecule has 5 aliphatic rings. The molecule has 4 saturated carbocycles. The van der Waals surface area contributed by atoms with Crippen LogP contribution in [0.4, 0.5) is 0 Å². The molecule has 5 fully saturated rings. The topological polar surface area (TPSA) is 21.7 Å². The summed E-state index contributed by atoms with van der Waals surface area (Å²) in [5.41, 5.74) is 2.33. The highest BCUT2D eigenvalue weighted by Gasteiger charge is 2.65. The van der Waals surface area contributed by atoms with E-state index in [0.717, 1.165) is 48.0 Å². The molecule has 4 aliphatic carbocycles. The summed E-state index contributed by atoms with van der Waals surface area (Å²) in [7, 11) is 4.40. The lowest BCUT2D eigenvalue weighted by molar-refractivity contribution is -0.139. The Hall–Kier alpha value is -0.900. The van der Waals surface area contributed by atoms with Crippen molar-refractivity contribution in [2.24, 2.45) is 52.3 Å². The van der Waals surface area contributed by atoms with E-state index in [-0.39, 0.29) is 0 Å². The van der Waals surface area contributed by atoms with Crippen molar-refractivity contribution in [2.45, 2.75) is 117 Å². The van der Waals surface area contributed by atoms with Gasteiger partial charge < -0.3 is 14.4 Å². The average Bonchev–Trinajstić information content (AvgIpc) is 3.39. The van der Waals surface area contributed by atoms with Crippen molar-refractivity contribution in [3.05, 3.63) is 35.9 Å². The monoisotopic (exact) mass is 535 g/mol. The Labute approximate surface area is 239 Å². The van der Waals surface area contributed by atoms with Gasteiger partial charge in [-0.25, -0.2) is 0 Å². The molecule has 3 heteroatoms. The predicted octanol–water partition coefficient (Wildman–Crippen LogP) is 8.22. The molecule has 0 N–H and O–H groups in total. The van der Waals surface area contributed by atoms with Gasteiger partial charge in [-0.2, -0.15) is 0 Å². The Morgan fingerprint density at radius 3 is 2.51 bits per heavy atom. The number of ether oxygens (including phenoxy) is 2. The molecule has 0 bridgehead atoms. The number of hydrogen-bond donors (Lipinski definition) is 0. The zero-order chi connectivity index (χ0) is 27.4. The molecule has 1 aromatic carbocycles. The number of fused-ring (bicyclic) bond motifs is 7. The van der Waals surface area contributed by atoms with E-state index in [9.17, 15) is 0 Å². The fourth-order valence-electron chi connectivity index (χ4n) is 11.3. The van der Waals surface area contributed by atoms with Crippen LogP contribution in [0.5, 0.6) is 0 Å². The van der Waals surface area contributed by atoms with Crippen molar-refractivity contribution in [1.29, 1.82) is 0 Å². The molecule has 0 spiro atoms.